The van der Waals surface area contributed by atoms with Gasteiger partial charge in [0, 0.05) is 37.5 Å². The van der Waals surface area contributed by atoms with Gasteiger partial charge in [0.2, 0.25) is 5.91 Å². The number of rotatable bonds is 6. The number of hydrogen-bond acceptors (Lipinski definition) is 4. The zero-order valence-electron chi connectivity index (χ0n) is 13.0. The van der Waals surface area contributed by atoms with Gasteiger partial charge < -0.3 is 14.4 Å². The number of ether oxygens (including phenoxy) is 2. The monoisotopic (exact) mass is 307 g/mol. The summed E-state index contributed by atoms with van der Waals surface area (Å²) in [6.07, 6.45) is 6.82. The second-order valence-corrected chi connectivity index (χ2v) is 6.15. The minimum absolute atomic E-state index is 0.191. The number of aromatic nitrogens is 2. The van der Waals surface area contributed by atoms with E-state index in [1.807, 2.05) is 11.0 Å². The van der Waals surface area contributed by atoms with E-state index >= 15 is 0 Å². The molecule has 2 aliphatic rings. The standard InChI is InChI=1S/C16H25N3O3/c20-16(6-10-21-12-14-4-2-9-22-14)19-8-1-3-13(11-19)15-5-7-17-18-15/h5,7,13-14H,1-4,6,8-12H2,(H,17,18)/t13-,14+/m1/s1. The number of hydrogen-bond donors (Lipinski definition) is 1. The van der Waals surface area contributed by atoms with Crippen molar-refractivity contribution in [3.63, 3.8) is 0 Å². The molecule has 6 nitrogen and oxygen atoms in total. The van der Waals surface area contributed by atoms with Gasteiger partial charge in [-0.2, -0.15) is 5.10 Å². The fraction of sp³-hybridized carbons (Fsp3) is 0.750. The van der Waals surface area contributed by atoms with Crippen LogP contribution >= 0.6 is 0 Å². The normalized spacial score (nSPS) is 25.5. The molecule has 1 amide bonds. The minimum Gasteiger partial charge on any atom is -0.378 e. The third kappa shape index (κ3) is 4.08. The Labute approximate surface area is 131 Å². The van der Waals surface area contributed by atoms with Crippen LogP contribution in [0.15, 0.2) is 12.3 Å². The maximum absolute atomic E-state index is 12.3. The van der Waals surface area contributed by atoms with Crippen LogP contribution in [0.3, 0.4) is 0 Å². The lowest BCUT2D eigenvalue weighted by molar-refractivity contribution is -0.133. The first-order chi connectivity index (χ1) is 10.8. The van der Waals surface area contributed by atoms with E-state index in [1.54, 1.807) is 6.20 Å². The van der Waals surface area contributed by atoms with Crippen molar-refractivity contribution in [1.29, 1.82) is 0 Å². The van der Waals surface area contributed by atoms with Crippen LogP contribution in [0.4, 0.5) is 0 Å². The number of carbonyl (C=O) groups excluding carboxylic acids is 1. The van der Waals surface area contributed by atoms with Crippen LogP contribution < -0.4 is 0 Å². The second kappa shape index (κ2) is 7.74. The average Bonchev–Trinajstić information content (AvgIpc) is 3.24. The Morgan fingerprint density at radius 2 is 2.41 bits per heavy atom. The number of H-pyrrole nitrogens is 1. The fourth-order valence-corrected chi connectivity index (χ4v) is 3.26. The van der Waals surface area contributed by atoms with E-state index in [1.165, 1.54) is 0 Å². The summed E-state index contributed by atoms with van der Waals surface area (Å²) >= 11 is 0. The highest BCUT2D eigenvalue weighted by Crippen LogP contribution is 2.25. The molecule has 0 bridgehead atoms. The molecule has 0 spiro atoms. The Bertz CT molecular complexity index is 457. The third-order valence-electron chi connectivity index (χ3n) is 4.52. The first kappa shape index (κ1) is 15.5. The van der Waals surface area contributed by atoms with Gasteiger partial charge in [-0.1, -0.05) is 0 Å². The van der Waals surface area contributed by atoms with Crippen LogP contribution in [-0.4, -0.2) is 60.0 Å². The molecular weight excluding hydrogens is 282 g/mol. The van der Waals surface area contributed by atoms with Crippen molar-refractivity contribution in [2.24, 2.45) is 0 Å². The number of carbonyl (C=O) groups is 1. The Hall–Kier alpha value is -1.40. The van der Waals surface area contributed by atoms with E-state index in [0.717, 1.165) is 51.1 Å². The van der Waals surface area contributed by atoms with Gasteiger partial charge >= 0.3 is 0 Å². The summed E-state index contributed by atoms with van der Waals surface area (Å²) in [5, 5.41) is 7.03. The van der Waals surface area contributed by atoms with E-state index in [0.29, 0.717) is 25.6 Å². The summed E-state index contributed by atoms with van der Waals surface area (Å²) < 4.78 is 11.1. The maximum Gasteiger partial charge on any atom is 0.224 e. The lowest BCUT2D eigenvalue weighted by Crippen LogP contribution is -2.39. The number of nitrogens with one attached hydrogen (secondary N) is 1. The molecule has 2 fully saturated rings. The first-order valence-electron chi connectivity index (χ1n) is 8.29. The molecule has 0 aliphatic carbocycles. The van der Waals surface area contributed by atoms with Gasteiger partial charge in [-0.25, -0.2) is 0 Å². The quantitative estimate of drug-likeness (QED) is 0.812. The zero-order valence-corrected chi connectivity index (χ0v) is 13.0. The molecule has 2 saturated heterocycles. The maximum atomic E-state index is 12.3. The molecule has 0 radical (unpaired) electrons. The van der Waals surface area contributed by atoms with E-state index in [4.69, 9.17) is 9.47 Å². The molecule has 122 valence electrons. The molecule has 6 heteroatoms. The van der Waals surface area contributed by atoms with Crippen LogP contribution in [0.5, 0.6) is 0 Å². The molecular formula is C16H25N3O3. The van der Waals surface area contributed by atoms with Crippen LogP contribution in [0, 0.1) is 0 Å². The van der Waals surface area contributed by atoms with Crippen LogP contribution in [-0.2, 0) is 14.3 Å². The van der Waals surface area contributed by atoms with E-state index in [-0.39, 0.29) is 12.0 Å². The van der Waals surface area contributed by atoms with Crippen molar-refractivity contribution in [2.75, 3.05) is 32.9 Å². The SMILES string of the molecule is O=C(CCOC[C@@H]1CCCO1)N1CCC[C@@H](c2ccn[nH]2)C1. The number of nitrogens with zero attached hydrogens (tertiary/aromatic N) is 2. The van der Waals surface area contributed by atoms with Crippen LogP contribution in [0.1, 0.15) is 43.7 Å². The molecule has 0 aromatic carbocycles. The van der Waals surface area contributed by atoms with E-state index < -0.39 is 0 Å². The number of aromatic amines is 1. The fourth-order valence-electron chi connectivity index (χ4n) is 3.26. The Balaban J connectivity index is 1.37. The van der Waals surface area contributed by atoms with Crippen molar-refractivity contribution in [2.45, 2.75) is 44.1 Å². The van der Waals surface area contributed by atoms with Crippen molar-refractivity contribution in [1.82, 2.24) is 15.1 Å². The zero-order chi connectivity index (χ0) is 15.2. The van der Waals surface area contributed by atoms with Gasteiger partial charge in [-0.3, -0.25) is 9.89 Å². The van der Waals surface area contributed by atoms with Gasteiger partial charge in [0.15, 0.2) is 0 Å². The minimum atomic E-state index is 0.191. The van der Waals surface area contributed by atoms with Crippen molar-refractivity contribution < 1.29 is 14.3 Å². The lowest BCUT2D eigenvalue weighted by atomic mass is 9.95. The van der Waals surface area contributed by atoms with Gasteiger partial charge in [0.1, 0.15) is 0 Å². The molecule has 0 unspecified atom stereocenters. The topological polar surface area (TPSA) is 67.5 Å². The number of piperidine rings is 1. The molecule has 2 aliphatic heterocycles. The van der Waals surface area contributed by atoms with Crippen molar-refractivity contribution in [3.05, 3.63) is 18.0 Å². The largest absolute Gasteiger partial charge is 0.378 e. The smallest absolute Gasteiger partial charge is 0.224 e. The Morgan fingerprint density at radius 1 is 1.45 bits per heavy atom. The highest BCUT2D eigenvalue weighted by Gasteiger charge is 2.25. The second-order valence-electron chi connectivity index (χ2n) is 6.15. The molecule has 2 atom stereocenters. The van der Waals surface area contributed by atoms with Gasteiger partial charge in [-0.05, 0) is 31.7 Å². The van der Waals surface area contributed by atoms with E-state index in [9.17, 15) is 4.79 Å². The molecule has 1 aromatic rings. The van der Waals surface area contributed by atoms with Crippen LogP contribution in [0.25, 0.3) is 0 Å². The average molecular weight is 307 g/mol. The van der Waals surface area contributed by atoms with Gasteiger partial charge in [-0.15, -0.1) is 0 Å². The molecule has 3 heterocycles. The molecule has 1 N–H and O–H groups in total. The molecule has 1 aromatic heterocycles. The number of likely N-dealkylation sites (tertiary alicyclic amines) is 1. The lowest BCUT2D eigenvalue weighted by Gasteiger charge is -2.32. The van der Waals surface area contributed by atoms with Gasteiger partial charge in [0.05, 0.1) is 25.7 Å². The Kier molecular flexibility index (Phi) is 5.45. The predicted molar refractivity (Wildman–Crippen MR) is 81.6 cm³/mol. The highest BCUT2D eigenvalue weighted by molar-refractivity contribution is 5.76. The summed E-state index contributed by atoms with van der Waals surface area (Å²) in [5.74, 6) is 0.574. The summed E-state index contributed by atoms with van der Waals surface area (Å²) in [6, 6.07) is 2.00. The summed E-state index contributed by atoms with van der Waals surface area (Å²) in [7, 11) is 0. The molecule has 0 saturated carbocycles. The number of amides is 1. The van der Waals surface area contributed by atoms with Crippen molar-refractivity contribution >= 4 is 5.91 Å². The van der Waals surface area contributed by atoms with Gasteiger partial charge in [0.25, 0.3) is 0 Å². The summed E-state index contributed by atoms with van der Waals surface area (Å²) in [6.45, 7) is 3.59. The van der Waals surface area contributed by atoms with Crippen molar-refractivity contribution in [3.8, 4) is 0 Å². The van der Waals surface area contributed by atoms with Crippen LogP contribution in [0.2, 0.25) is 0 Å². The summed E-state index contributed by atoms with van der Waals surface area (Å²) in [4.78, 5) is 14.3. The molecule has 3 rings (SSSR count). The predicted octanol–water partition coefficient (Wildman–Crippen LogP) is 1.70. The Morgan fingerprint density at radius 3 is 3.18 bits per heavy atom. The third-order valence-corrected chi connectivity index (χ3v) is 4.52. The summed E-state index contributed by atoms with van der Waals surface area (Å²) in [5.41, 5.74) is 1.13. The van der Waals surface area contributed by atoms with E-state index in [2.05, 4.69) is 10.2 Å². The first-order valence-corrected chi connectivity index (χ1v) is 8.29. The molecule has 22 heavy (non-hydrogen) atoms. The highest BCUT2D eigenvalue weighted by atomic mass is 16.5.